The minimum absolute atomic E-state index is 0.868. The highest BCUT2D eigenvalue weighted by Crippen LogP contribution is 2.04. The van der Waals surface area contributed by atoms with E-state index in [1.807, 2.05) is 0 Å². The van der Waals surface area contributed by atoms with Gasteiger partial charge in [0.05, 0.1) is 0 Å². The molecule has 2 heteroatoms. The highest BCUT2D eigenvalue weighted by Gasteiger charge is 2.12. The smallest absolute Gasteiger partial charge is 0.0104 e. The Morgan fingerprint density at radius 2 is 2.40 bits per heavy atom. The van der Waals surface area contributed by atoms with E-state index in [0.717, 1.165) is 12.5 Å². The van der Waals surface area contributed by atoms with Crippen molar-refractivity contribution in [3.05, 3.63) is 0 Å². The molecule has 0 bridgehead atoms. The molecular weight excluding hydrogens is 124 g/mol. The average molecular weight is 142 g/mol. The lowest BCUT2D eigenvalue weighted by molar-refractivity contribution is 0.306. The normalized spacial score (nSPS) is 30.0. The molecule has 1 aliphatic heterocycles. The maximum Gasteiger partial charge on any atom is 0.0104 e. The van der Waals surface area contributed by atoms with Crippen LogP contribution in [-0.2, 0) is 0 Å². The summed E-state index contributed by atoms with van der Waals surface area (Å²) < 4.78 is 0. The van der Waals surface area contributed by atoms with E-state index in [1.54, 1.807) is 0 Å². The zero-order valence-electron chi connectivity index (χ0n) is 7.06. The first-order valence-electron chi connectivity index (χ1n) is 4.22. The van der Waals surface area contributed by atoms with Crippen LogP contribution in [0.4, 0.5) is 0 Å². The quantitative estimate of drug-likeness (QED) is 0.575. The summed E-state index contributed by atoms with van der Waals surface area (Å²) in [5.41, 5.74) is 0. The van der Waals surface area contributed by atoms with Gasteiger partial charge < -0.3 is 10.2 Å². The zero-order valence-corrected chi connectivity index (χ0v) is 7.06. The number of nitrogens with zero attached hydrogens (tertiary/aromatic N) is 1. The molecule has 2 nitrogen and oxygen atoms in total. The maximum atomic E-state index is 3.44. The first-order valence-corrected chi connectivity index (χ1v) is 4.22. The highest BCUT2D eigenvalue weighted by atomic mass is 15.1. The van der Waals surface area contributed by atoms with Crippen LogP contribution in [0.1, 0.15) is 13.3 Å². The van der Waals surface area contributed by atoms with Gasteiger partial charge in [-0.3, -0.25) is 0 Å². The van der Waals surface area contributed by atoms with E-state index in [-0.39, 0.29) is 0 Å². The van der Waals surface area contributed by atoms with Gasteiger partial charge in [-0.1, -0.05) is 13.3 Å². The van der Waals surface area contributed by atoms with Crippen molar-refractivity contribution in [2.24, 2.45) is 5.92 Å². The van der Waals surface area contributed by atoms with Gasteiger partial charge in [0.15, 0.2) is 0 Å². The Kier molecular flexibility index (Phi) is 3.16. The Hall–Kier alpha value is -0.0800. The minimum atomic E-state index is 0.868. The Balaban J connectivity index is 2.30. The third kappa shape index (κ3) is 2.27. The fourth-order valence-electron chi connectivity index (χ4n) is 1.45. The Labute approximate surface area is 63.6 Å². The van der Waals surface area contributed by atoms with Gasteiger partial charge in [-0.15, -0.1) is 0 Å². The molecule has 0 spiro atoms. The van der Waals surface area contributed by atoms with Gasteiger partial charge in [0.25, 0.3) is 0 Å². The summed E-state index contributed by atoms with van der Waals surface area (Å²) in [5, 5.41) is 3.44. The van der Waals surface area contributed by atoms with Crippen LogP contribution in [0.3, 0.4) is 0 Å². The summed E-state index contributed by atoms with van der Waals surface area (Å²) in [7, 11) is 2.20. The summed E-state index contributed by atoms with van der Waals surface area (Å²) in [6.45, 7) is 7.11. The molecule has 0 radical (unpaired) electrons. The van der Waals surface area contributed by atoms with Crippen LogP contribution in [0.25, 0.3) is 0 Å². The lowest BCUT2D eigenvalue weighted by atomic mass is 10.1. The minimum Gasteiger partial charge on any atom is -0.315 e. The van der Waals surface area contributed by atoms with Gasteiger partial charge in [0.1, 0.15) is 0 Å². The molecule has 1 aliphatic rings. The van der Waals surface area contributed by atoms with Gasteiger partial charge in [0, 0.05) is 19.6 Å². The lowest BCUT2D eigenvalue weighted by Crippen LogP contribution is -2.25. The zero-order chi connectivity index (χ0) is 7.40. The molecule has 0 aromatic heterocycles. The molecule has 0 aromatic carbocycles. The number of hydrogen-bond acceptors (Lipinski definition) is 2. The van der Waals surface area contributed by atoms with Crippen molar-refractivity contribution in [3.63, 3.8) is 0 Å². The van der Waals surface area contributed by atoms with Crippen LogP contribution < -0.4 is 5.32 Å². The largest absolute Gasteiger partial charge is 0.315 e. The fourth-order valence-corrected chi connectivity index (χ4v) is 1.45. The van der Waals surface area contributed by atoms with Gasteiger partial charge in [0.2, 0.25) is 0 Å². The molecule has 10 heavy (non-hydrogen) atoms. The van der Waals surface area contributed by atoms with Crippen LogP contribution >= 0.6 is 0 Å². The van der Waals surface area contributed by atoms with E-state index >= 15 is 0 Å². The monoisotopic (exact) mass is 142 g/mol. The van der Waals surface area contributed by atoms with Gasteiger partial charge in [-0.05, 0) is 19.5 Å². The SMILES string of the molecule is CC[C@@H]1CNCCN(C)C1. The van der Waals surface area contributed by atoms with Crippen LogP contribution in [0.15, 0.2) is 0 Å². The Bertz CT molecular complexity index is 93.3. The standard InChI is InChI=1S/C8H18N2/c1-3-8-6-9-4-5-10(2)7-8/h8-9H,3-7H2,1-2H3/t8-/m1/s1. The Morgan fingerprint density at radius 3 is 3.10 bits per heavy atom. The molecule has 0 saturated carbocycles. The van der Waals surface area contributed by atoms with E-state index in [1.165, 1.54) is 26.1 Å². The van der Waals surface area contributed by atoms with E-state index < -0.39 is 0 Å². The molecule has 1 saturated heterocycles. The molecule has 1 atom stereocenters. The topological polar surface area (TPSA) is 15.3 Å². The number of rotatable bonds is 1. The van der Waals surface area contributed by atoms with E-state index in [4.69, 9.17) is 0 Å². The van der Waals surface area contributed by atoms with Crippen molar-refractivity contribution in [3.8, 4) is 0 Å². The van der Waals surface area contributed by atoms with Gasteiger partial charge >= 0.3 is 0 Å². The first kappa shape index (κ1) is 8.02. The van der Waals surface area contributed by atoms with Crippen molar-refractivity contribution >= 4 is 0 Å². The third-order valence-corrected chi connectivity index (χ3v) is 2.25. The lowest BCUT2D eigenvalue weighted by Gasteiger charge is -2.17. The molecule has 0 amide bonds. The van der Waals surface area contributed by atoms with Crippen LogP contribution in [0.2, 0.25) is 0 Å². The summed E-state index contributed by atoms with van der Waals surface area (Å²) in [6.07, 6.45) is 1.30. The van der Waals surface area contributed by atoms with E-state index in [2.05, 4.69) is 24.2 Å². The van der Waals surface area contributed by atoms with Crippen LogP contribution in [0.5, 0.6) is 0 Å². The van der Waals surface area contributed by atoms with Crippen molar-refractivity contribution < 1.29 is 0 Å². The molecule has 1 fully saturated rings. The van der Waals surface area contributed by atoms with E-state index in [9.17, 15) is 0 Å². The second kappa shape index (κ2) is 3.94. The van der Waals surface area contributed by atoms with Gasteiger partial charge in [-0.25, -0.2) is 0 Å². The van der Waals surface area contributed by atoms with Crippen molar-refractivity contribution in [1.82, 2.24) is 10.2 Å². The average Bonchev–Trinajstić information content (AvgIpc) is 2.13. The predicted molar refractivity (Wildman–Crippen MR) is 44.1 cm³/mol. The van der Waals surface area contributed by atoms with Crippen LogP contribution in [-0.4, -0.2) is 38.1 Å². The number of hydrogen-bond donors (Lipinski definition) is 1. The second-order valence-corrected chi connectivity index (χ2v) is 3.24. The summed E-state index contributed by atoms with van der Waals surface area (Å²) >= 11 is 0. The van der Waals surface area contributed by atoms with Crippen molar-refractivity contribution in [2.75, 3.05) is 33.2 Å². The first-order chi connectivity index (χ1) is 4.83. The summed E-state index contributed by atoms with van der Waals surface area (Å²) in [4.78, 5) is 2.41. The molecule has 1 rings (SSSR count). The number of nitrogens with one attached hydrogen (secondary N) is 1. The molecule has 1 heterocycles. The van der Waals surface area contributed by atoms with Crippen molar-refractivity contribution in [2.45, 2.75) is 13.3 Å². The maximum absolute atomic E-state index is 3.44. The van der Waals surface area contributed by atoms with Gasteiger partial charge in [-0.2, -0.15) is 0 Å². The summed E-state index contributed by atoms with van der Waals surface area (Å²) in [6, 6.07) is 0. The number of likely N-dealkylation sites (N-methyl/N-ethyl adjacent to an activating group) is 1. The Morgan fingerprint density at radius 1 is 1.60 bits per heavy atom. The molecule has 60 valence electrons. The highest BCUT2D eigenvalue weighted by molar-refractivity contribution is 4.69. The molecule has 0 aliphatic carbocycles. The molecule has 0 aromatic rings. The second-order valence-electron chi connectivity index (χ2n) is 3.24. The van der Waals surface area contributed by atoms with E-state index in [0.29, 0.717) is 0 Å². The molecule has 0 unspecified atom stereocenters. The summed E-state index contributed by atoms with van der Waals surface area (Å²) in [5.74, 6) is 0.868. The predicted octanol–water partition coefficient (Wildman–Crippen LogP) is 0.548. The van der Waals surface area contributed by atoms with Crippen LogP contribution in [0, 0.1) is 5.92 Å². The van der Waals surface area contributed by atoms with Crippen molar-refractivity contribution in [1.29, 1.82) is 0 Å². The fraction of sp³-hybridized carbons (Fsp3) is 1.00. The molecule has 1 N–H and O–H groups in total. The molecular formula is C8H18N2. The third-order valence-electron chi connectivity index (χ3n) is 2.25.